The summed E-state index contributed by atoms with van der Waals surface area (Å²) >= 11 is 5.06. The van der Waals surface area contributed by atoms with Crippen LogP contribution in [0.15, 0.2) is 64.7 Å². The fourth-order valence-electron chi connectivity index (χ4n) is 2.19. The lowest BCUT2D eigenvalue weighted by Crippen LogP contribution is -2.23. The van der Waals surface area contributed by atoms with Crippen LogP contribution in [-0.2, 0) is 11.3 Å². The van der Waals surface area contributed by atoms with Gasteiger partial charge in [-0.2, -0.15) is 5.10 Å². The second-order valence-electron chi connectivity index (χ2n) is 5.31. The SMILES string of the molecule is CN(Cc1cc(Br)cs1)C(=O)C=Cc1cnn(-c2ccccc2)c1. The molecule has 0 saturated carbocycles. The summed E-state index contributed by atoms with van der Waals surface area (Å²) in [6.07, 6.45) is 7.01. The quantitative estimate of drug-likeness (QED) is 0.595. The molecule has 0 saturated heterocycles. The molecule has 0 N–H and O–H groups in total. The number of aromatic nitrogens is 2. The number of hydrogen-bond acceptors (Lipinski definition) is 3. The van der Waals surface area contributed by atoms with Gasteiger partial charge in [-0.3, -0.25) is 4.79 Å². The third kappa shape index (κ3) is 4.21. The van der Waals surface area contributed by atoms with Gasteiger partial charge < -0.3 is 4.90 Å². The van der Waals surface area contributed by atoms with E-state index in [2.05, 4.69) is 21.0 Å². The highest BCUT2D eigenvalue weighted by Crippen LogP contribution is 2.21. The highest BCUT2D eigenvalue weighted by atomic mass is 79.9. The molecule has 2 heterocycles. The van der Waals surface area contributed by atoms with Gasteiger partial charge in [0.2, 0.25) is 5.91 Å². The van der Waals surface area contributed by atoms with Crippen molar-refractivity contribution >= 4 is 39.2 Å². The standard InChI is InChI=1S/C18H16BrN3OS/c1-21(12-17-9-15(19)13-24-17)18(23)8-7-14-10-20-22(11-14)16-5-3-2-4-6-16/h2-11,13H,12H2,1H3. The lowest BCUT2D eigenvalue weighted by atomic mass is 10.3. The zero-order valence-electron chi connectivity index (χ0n) is 13.1. The van der Waals surface area contributed by atoms with Crippen molar-refractivity contribution in [2.75, 3.05) is 7.05 Å². The summed E-state index contributed by atoms with van der Waals surface area (Å²) in [6.45, 7) is 0.600. The number of carbonyl (C=O) groups is 1. The van der Waals surface area contributed by atoms with E-state index < -0.39 is 0 Å². The van der Waals surface area contributed by atoms with Crippen LogP contribution in [0.25, 0.3) is 11.8 Å². The van der Waals surface area contributed by atoms with Gasteiger partial charge in [0.25, 0.3) is 0 Å². The molecule has 3 rings (SSSR count). The number of hydrogen-bond donors (Lipinski definition) is 0. The van der Waals surface area contributed by atoms with Crippen molar-refractivity contribution < 1.29 is 4.79 Å². The van der Waals surface area contributed by atoms with Gasteiger partial charge in [0, 0.05) is 39.6 Å². The molecular weight excluding hydrogens is 386 g/mol. The highest BCUT2D eigenvalue weighted by Gasteiger charge is 2.07. The molecule has 0 aliphatic heterocycles. The summed E-state index contributed by atoms with van der Waals surface area (Å²) in [4.78, 5) is 15.0. The van der Waals surface area contributed by atoms with E-state index in [1.165, 1.54) is 0 Å². The summed E-state index contributed by atoms with van der Waals surface area (Å²) in [7, 11) is 1.80. The minimum atomic E-state index is -0.0352. The first-order valence-electron chi connectivity index (χ1n) is 7.38. The maximum atomic E-state index is 12.2. The van der Waals surface area contributed by atoms with E-state index >= 15 is 0 Å². The molecular formula is C18H16BrN3OS. The Morgan fingerprint density at radius 3 is 2.88 bits per heavy atom. The van der Waals surface area contributed by atoms with Gasteiger partial charge in [-0.05, 0) is 40.2 Å². The molecule has 0 radical (unpaired) electrons. The Morgan fingerprint density at radius 2 is 2.17 bits per heavy atom. The molecule has 24 heavy (non-hydrogen) atoms. The molecule has 1 aromatic carbocycles. The van der Waals surface area contributed by atoms with Crippen LogP contribution in [-0.4, -0.2) is 27.6 Å². The highest BCUT2D eigenvalue weighted by molar-refractivity contribution is 9.10. The Morgan fingerprint density at radius 1 is 1.38 bits per heavy atom. The second-order valence-corrected chi connectivity index (χ2v) is 7.22. The first kappa shape index (κ1) is 16.7. The molecule has 0 fully saturated rings. The van der Waals surface area contributed by atoms with Crippen LogP contribution in [0.4, 0.5) is 0 Å². The van der Waals surface area contributed by atoms with Crippen LogP contribution < -0.4 is 0 Å². The van der Waals surface area contributed by atoms with E-state index in [1.807, 2.05) is 48.0 Å². The van der Waals surface area contributed by atoms with Crippen LogP contribution in [0.5, 0.6) is 0 Å². The normalized spacial score (nSPS) is 11.1. The number of rotatable bonds is 5. The molecule has 0 spiro atoms. The van der Waals surface area contributed by atoms with E-state index in [4.69, 9.17) is 0 Å². The van der Waals surface area contributed by atoms with Gasteiger partial charge in [0.15, 0.2) is 0 Å². The van der Waals surface area contributed by atoms with Gasteiger partial charge in [-0.15, -0.1) is 11.3 Å². The van der Waals surface area contributed by atoms with Crippen molar-refractivity contribution in [3.05, 3.63) is 75.2 Å². The predicted octanol–water partition coefficient (Wildman–Crippen LogP) is 4.37. The number of benzene rings is 1. The van der Waals surface area contributed by atoms with Crippen LogP contribution in [0, 0.1) is 0 Å². The second kappa shape index (κ2) is 7.59. The van der Waals surface area contributed by atoms with Crippen LogP contribution >= 0.6 is 27.3 Å². The smallest absolute Gasteiger partial charge is 0.246 e. The third-order valence-electron chi connectivity index (χ3n) is 3.43. The number of halogens is 1. The Kier molecular flexibility index (Phi) is 5.27. The molecule has 0 aliphatic carbocycles. The molecule has 122 valence electrons. The van der Waals surface area contributed by atoms with Crippen molar-refractivity contribution in [1.29, 1.82) is 0 Å². The van der Waals surface area contributed by atoms with Crippen LogP contribution in [0.2, 0.25) is 0 Å². The monoisotopic (exact) mass is 401 g/mol. The minimum absolute atomic E-state index is 0.0352. The van der Waals surface area contributed by atoms with Gasteiger partial charge >= 0.3 is 0 Å². The van der Waals surface area contributed by atoms with Crippen LogP contribution in [0.3, 0.4) is 0 Å². The Hall–Kier alpha value is -2.18. The van der Waals surface area contributed by atoms with Gasteiger partial charge in [-0.25, -0.2) is 4.68 Å². The molecule has 0 bridgehead atoms. The number of para-hydroxylation sites is 1. The van der Waals surface area contributed by atoms with Crippen molar-refractivity contribution in [2.45, 2.75) is 6.54 Å². The number of nitrogens with zero attached hydrogens (tertiary/aromatic N) is 3. The van der Waals surface area contributed by atoms with Crippen molar-refractivity contribution in [3.63, 3.8) is 0 Å². The molecule has 6 heteroatoms. The maximum absolute atomic E-state index is 12.2. The van der Waals surface area contributed by atoms with E-state index in [1.54, 1.807) is 46.3 Å². The molecule has 0 atom stereocenters. The first-order chi connectivity index (χ1) is 11.6. The van der Waals surface area contributed by atoms with E-state index in [9.17, 15) is 4.79 Å². The van der Waals surface area contributed by atoms with Gasteiger partial charge in [0.05, 0.1) is 18.4 Å². The molecule has 0 aliphatic rings. The summed E-state index contributed by atoms with van der Waals surface area (Å²) in [5, 5.41) is 6.33. The summed E-state index contributed by atoms with van der Waals surface area (Å²) in [5.41, 5.74) is 1.88. The Labute approximate surface area is 153 Å². The topological polar surface area (TPSA) is 38.1 Å². The van der Waals surface area contributed by atoms with Crippen molar-refractivity contribution in [1.82, 2.24) is 14.7 Å². The average molecular weight is 402 g/mol. The maximum Gasteiger partial charge on any atom is 0.246 e. The number of carbonyl (C=O) groups excluding carboxylic acids is 1. The van der Waals surface area contributed by atoms with Crippen LogP contribution in [0.1, 0.15) is 10.4 Å². The van der Waals surface area contributed by atoms with Crippen molar-refractivity contribution in [3.8, 4) is 5.69 Å². The molecule has 3 aromatic rings. The zero-order valence-corrected chi connectivity index (χ0v) is 15.5. The van der Waals surface area contributed by atoms with Gasteiger partial charge in [-0.1, -0.05) is 18.2 Å². The third-order valence-corrected chi connectivity index (χ3v) is 5.12. The lowest BCUT2D eigenvalue weighted by Gasteiger charge is -2.13. The predicted molar refractivity (Wildman–Crippen MR) is 101 cm³/mol. The first-order valence-corrected chi connectivity index (χ1v) is 9.05. The Bertz CT molecular complexity index is 854. The van der Waals surface area contributed by atoms with E-state index in [0.29, 0.717) is 6.54 Å². The number of thiophene rings is 1. The van der Waals surface area contributed by atoms with Crippen molar-refractivity contribution in [2.24, 2.45) is 0 Å². The summed E-state index contributed by atoms with van der Waals surface area (Å²) in [6, 6.07) is 11.9. The van der Waals surface area contributed by atoms with E-state index in [0.717, 1.165) is 20.6 Å². The number of likely N-dealkylation sites (N-methyl/N-ethyl adjacent to an activating group) is 1. The average Bonchev–Trinajstić information content (AvgIpc) is 3.22. The largest absolute Gasteiger partial charge is 0.337 e. The lowest BCUT2D eigenvalue weighted by molar-refractivity contribution is -0.125. The summed E-state index contributed by atoms with van der Waals surface area (Å²) < 4.78 is 2.84. The Balaban J connectivity index is 1.63. The molecule has 1 amide bonds. The zero-order chi connectivity index (χ0) is 16.9. The molecule has 2 aromatic heterocycles. The van der Waals surface area contributed by atoms with E-state index in [-0.39, 0.29) is 5.91 Å². The summed E-state index contributed by atoms with van der Waals surface area (Å²) in [5.74, 6) is -0.0352. The van der Waals surface area contributed by atoms with Gasteiger partial charge in [0.1, 0.15) is 0 Å². The molecule has 0 unspecified atom stereocenters. The number of amides is 1. The minimum Gasteiger partial charge on any atom is -0.337 e. The fraction of sp³-hybridized carbons (Fsp3) is 0.111. The fourth-order valence-corrected chi connectivity index (χ4v) is 3.69. The molecule has 4 nitrogen and oxygen atoms in total.